The Morgan fingerprint density at radius 2 is 1.54 bits per heavy atom. The number of rotatable bonds is 4. The van der Waals surface area contributed by atoms with Gasteiger partial charge in [0, 0.05) is 43.1 Å². The average Bonchev–Trinajstić information content (AvgIpc) is 3.00. The van der Waals surface area contributed by atoms with E-state index in [1.54, 1.807) is 0 Å². The smallest absolute Gasteiger partial charge is 0.255 e. The quantitative estimate of drug-likeness (QED) is 0.918. The van der Waals surface area contributed by atoms with E-state index in [2.05, 4.69) is 11.9 Å². The summed E-state index contributed by atoms with van der Waals surface area (Å²) in [5.74, 6) is 0.0942. The van der Waals surface area contributed by atoms with Crippen LogP contribution in [0.1, 0.15) is 51.0 Å². The summed E-state index contributed by atoms with van der Waals surface area (Å²) in [7, 11) is 0. The first-order valence-electron chi connectivity index (χ1n) is 9.33. The lowest BCUT2D eigenvalue weighted by molar-refractivity contribution is 0.0535. The Kier molecular flexibility index (Phi) is 5.45. The second-order valence-corrected chi connectivity index (χ2v) is 7.02. The summed E-state index contributed by atoms with van der Waals surface area (Å²) >= 11 is 0. The van der Waals surface area contributed by atoms with Crippen LogP contribution in [0.2, 0.25) is 0 Å². The fraction of sp³-hybridized carbons (Fsp3) is 0.429. The standard InChI is InChI=1S/C21H27N3O2/c1-4-5-17-6-8-18(9-7-17)20(25)23-10-12-24(13-11-23)21(26)19-14-15(2)22-16(19)3/h6-9,14,22H,4-5,10-13H2,1-3H3. The van der Waals surface area contributed by atoms with Crippen LogP contribution in [0.3, 0.4) is 0 Å². The molecule has 0 saturated carbocycles. The number of carbonyl (C=O) groups excluding carboxylic acids is 2. The summed E-state index contributed by atoms with van der Waals surface area (Å²) in [6, 6.07) is 9.79. The van der Waals surface area contributed by atoms with E-state index in [-0.39, 0.29) is 11.8 Å². The molecule has 1 saturated heterocycles. The molecule has 0 unspecified atom stereocenters. The molecule has 0 bridgehead atoms. The maximum atomic E-state index is 12.7. The number of piperazine rings is 1. The van der Waals surface area contributed by atoms with Gasteiger partial charge >= 0.3 is 0 Å². The Balaban J connectivity index is 1.60. The van der Waals surface area contributed by atoms with Gasteiger partial charge in [0.25, 0.3) is 11.8 Å². The van der Waals surface area contributed by atoms with Gasteiger partial charge in [-0.15, -0.1) is 0 Å². The minimum atomic E-state index is 0.0443. The van der Waals surface area contributed by atoms with E-state index >= 15 is 0 Å². The molecule has 0 atom stereocenters. The second kappa shape index (κ2) is 7.77. The number of H-pyrrole nitrogens is 1. The fourth-order valence-corrected chi connectivity index (χ4v) is 3.51. The van der Waals surface area contributed by atoms with Gasteiger partial charge in [-0.3, -0.25) is 9.59 Å². The third-order valence-corrected chi connectivity index (χ3v) is 4.97. The zero-order valence-electron chi connectivity index (χ0n) is 15.8. The Labute approximate surface area is 155 Å². The molecule has 1 fully saturated rings. The zero-order valence-corrected chi connectivity index (χ0v) is 15.8. The van der Waals surface area contributed by atoms with Gasteiger partial charge in [-0.1, -0.05) is 25.5 Å². The molecule has 0 radical (unpaired) electrons. The van der Waals surface area contributed by atoms with Gasteiger partial charge in [0.15, 0.2) is 0 Å². The molecule has 1 aromatic heterocycles. The summed E-state index contributed by atoms with van der Waals surface area (Å²) in [6.45, 7) is 8.31. The van der Waals surface area contributed by atoms with Crippen molar-refractivity contribution in [1.29, 1.82) is 0 Å². The Hall–Kier alpha value is -2.56. The van der Waals surface area contributed by atoms with E-state index in [1.807, 2.05) is 54.0 Å². The lowest BCUT2D eigenvalue weighted by Gasteiger charge is -2.34. The highest BCUT2D eigenvalue weighted by Crippen LogP contribution is 2.16. The van der Waals surface area contributed by atoms with E-state index in [9.17, 15) is 9.59 Å². The number of benzene rings is 1. The van der Waals surface area contributed by atoms with Gasteiger partial charge in [-0.05, 0) is 44.0 Å². The number of nitrogens with one attached hydrogen (secondary N) is 1. The third kappa shape index (κ3) is 3.82. The molecule has 1 aliphatic heterocycles. The summed E-state index contributed by atoms with van der Waals surface area (Å²) in [5, 5.41) is 0. The van der Waals surface area contributed by atoms with Crippen LogP contribution in [0.5, 0.6) is 0 Å². The lowest BCUT2D eigenvalue weighted by Crippen LogP contribution is -2.50. The number of aryl methyl sites for hydroxylation is 3. The molecule has 0 spiro atoms. The fourth-order valence-electron chi connectivity index (χ4n) is 3.51. The molecule has 138 valence electrons. The zero-order chi connectivity index (χ0) is 18.7. The predicted octanol–water partition coefficient (Wildman–Crippen LogP) is 3.18. The lowest BCUT2D eigenvalue weighted by atomic mass is 10.1. The molecular weight excluding hydrogens is 326 g/mol. The van der Waals surface area contributed by atoms with Gasteiger partial charge in [-0.25, -0.2) is 0 Å². The molecule has 26 heavy (non-hydrogen) atoms. The Bertz CT molecular complexity index is 784. The molecule has 1 aromatic carbocycles. The normalized spacial score (nSPS) is 14.6. The van der Waals surface area contributed by atoms with Crippen LogP contribution in [0.25, 0.3) is 0 Å². The Morgan fingerprint density at radius 3 is 2.04 bits per heavy atom. The second-order valence-electron chi connectivity index (χ2n) is 7.02. The number of carbonyl (C=O) groups is 2. The van der Waals surface area contributed by atoms with E-state index in [0.717, 1.165) is 35.4 Å². The predicted molar refractivity (Wildman–Crippen MR) is 103 cm³/mol. The average molecular weight is 353 g/mol. The Morgan fingerprint density at radius 1 is 0.962 bits per heavy atom. The highest BCUT2D eigenvalue weighted by molar-refractivity contribution is 5.96. The van der Waals surface area contributed by atoms with Crippen molar-refractivity contribution in [2.45, 2.75) is 33.6 Å². The summed E-state index contributed by atoms with van der Waals surface area (Å²) in [4.78, 5) is 32.2. The van der Waals surface area contributed by atoms with Crippen LogP contribution >= 0.6 is 0 Å². The van der Waals surface area contributed by atoms with Gasteiger partial charge in [0.1, 0.15) is 0 Å². The first kappa shape index (κ1) is 18.2. The van der Waals surface area contributed by atoms with Crippen LogP contribution in [0.15, 0.2) is 30.3 Å². The van der Waals surface area contributed by atoms with E-state index in [4.69, 9.17) is 0 Å². The maximum Gasteiger partial charge on any atom is 0.255 e. The summed E-state index contributed by atoms with van der Waals surface area (Å²) < 4.78 is 0. The molecule has 1 aliphatic rings. The molecular formula is C21H27N3O2. The van der Waals surface area contributed by atoms with Crippen molar-refractivity contribution >= 4 is 11.8 Å². The number of hydrogen-bond donors (Lipinski definition) is 1. The van der Waals surface area contributed by atoms with Gasteiger partial charge in [-0.2, -0.15) is 0 Å². The molecule has 1 N–H and O–H groups in total. The van der Waals surface area contributed by atoms with Crippen molar-refractivity contribution in [2.24, 2.45) is 0 Å². The molecule has 0 aliphatic carbocycles. The van der Waals surface area contributed by atoms with E-state index in [1.165, 1.54) is 5.56 Å². The molecule has 5 nitrogen and oxygen atoms in total. The monoisotopic (exact) mass is 353 g/mol. The molecule has 2 heterocycles. The van der Waals surface area contributed by atoms with Crippen molar-refractivity contribution in [2.75, 3.05) is 26.2 Å². The van der Waals surface area contributed by atoms with Crippen molar-refractivity contribution in [1.82, 2.24) is 14.8 Å². The third-order valence-electron chi connectivity index (χ3n) is 4.97. The number of nitrogens with zero attached hydrogens (tertiary/aromatic N) is 2. The molecule has 3 rings (SSSR count). The summed E-state index contributed by atoms with van der Waals surface area (Å²) in [6.07, 6.45) is 2.14. The number of hydrogen-bond acceptors (Lipinski definition) is 2. The van der Waals surface area contributed by atoms with Crippen LogP contribution in [0, 0.1) is 13.8 Å². The van der Waals surface area contributed by atoms with Gasteiger partial charge in [0.2, 0.25) is 0 Å². The topological polar surface area (TPSA) is 56.4 Å². The molecule has 2 aromatic rings. The number of amides is 2. The van der Waals surface area contributed by atoms with E-state index in [0.29, 0.717) is 26.2 Å². The minimum Gasteiger partial charge on any atom is -0.362 e. The van der Waals surface area contributed by atoms with Crippen LogP contribution in [0.4, 0.5) is 0 Å². The van der Waals surface area contributed by atoms with Gasteiger partial charge in [0.05, 0.1) is 5.56 Å². The van der Waals surface area contributed by atoms with Crippen molar-refractivity contribution in [3.8, 4) is 0 Å². The van der Waals surface area contributed by atoms with Crippen molar-refractivity contribution < 1.29 is 9.59 Å². The SMILES string of the molecule is CCCc1ccc(C(=O)N2CCN(C(=O)c3cc(C)[nH]c3C)CC2)cc1. The van der Waals surface area contributed by atoms with Crippen molar-refractivity contribution in [3.05, 3.63) is 58.4 Å². The first-order chi connectivity index (χ1) is 12.5. The number of aromatic nitrogens is 1. The summed E-state index contributed by atoms with van der Waals surface area (Å²) in [5.41, 5.74) is 4.61. The molecule has 2 amide bonds. The van der Waals surface area contributed by atoms with Gasteiger partial charge < -0.3 is 14.8 Å². The highest BCUT2D eigenvalue weighted by Gasteiger charge is 2.26. The van der Waals surface area contributed by atoms with Crippen LogP contribution in [-0.4, -0.2) is 52.8 Å². The van der Waals surface area contributed by atoms with Crippen LogP contribution < -0.4 is 0 Å². The van der Waals surface area contributed by atoms with Crippen LogP contribution in [-0.2, 0) is 6.42 Å². The molecule has 5 heteroatoms. The number of aromatic amines is 1. The minimum absolute atomic E-state index is 0.0443. The van der Waals surface area contributed by atoms with E-state index < -0.39 is 0 Å². The van der Waals surface area contributed by atoms with Crippen molar-refractivity contribution in [3.63, 3.8) is 0 Å². The largest absolute Gasteiger partial charge is 0.362 e. The highest BCUT2D eigenvalue weighted by atomic mass is 16.2. The first-order valence-corrected chi connectivity index (χ1v) is 9.33. The maximum absolute atomic E-state index is 12.7.